The molecule has 3 nitrogen and oxygen atoms in total. The molecule has 0 spiro atoms. The molecule has 2 rings (SSSR count). The summed E-state index contributed by atoms with van der Waals surface area (Å²) in [6.07, 6.45) is 3.55. The van der Waals surface area contributed by atoms with E-state index in [9.17, 15) is 0 Å². The Kier molecular flexibility index (Phi) is 4.74. The molecule has 96 valence electrons. The minimum atomic E-state index is 0.256. The molecule has 0 saturated carbocycles. The monoisotopic (exact) mass is 279 g/mol. The highest BCUT2D eigenvalue weighted by molar-refractivity contribution is 8.01. The highest BCUT2D eigenvalue weighted by Gasteiger charge is 2.07. The lowest BCUT2D eigenvalue weighted by Crippen LogP contribution is -2.21. The molecule has 2 N–H and O–H groups in total. The van der Waals surface area contributed by atoms with Crippen molar-refractivity contribution in [3.05, 3.63) is 35.7 Å². The van der Waals surface area contributed by atoms with Crippen LogP contribution in [-0.4, -0.2) is 15.4 Å². The standard InChI is InChI=1S/C13H17N3S2/c1-3-11(14)7-10-4-5-12(9(2)6-10)17-13-15-8-16-18-13/h4-6,8,11H,3,7,14H2,1-2H3. The molecule has 2 aromatic rings. The highest BCUT2D eigenvalue weighted by atomic mass is 32.2. The third-order valence-electron chi connectivity index (χ3n) is 2.80. The van der Waals surface area contributed by atoms with Crippen molar-refractivity contribution in [2.45, 2.75) is 42.0 Å². The van der Waals surface area contributed by atoms with Crippen molar-refractivity contribution in [1.29, 1.82) is 0 Å². The Balaban J connectivity index is 2.10. The predicted molar refractivity (Wildman–Crippen MR) is 77.2 cm³/mol. The van der Waals surface area contributed by atoms with Gasteiger partial charge in [-0.25, -0.2) is 4.98 Å². The quantitative estimate of drug-likeness (QED) is 0.912. The molecular formula is C13H17N3S2. The van der Waals surface area contributed by atoms with Gasteiger partial charge >= 0.3 is 0 Å². The zero-order valence-corrected chi connectivity index (χ0v) is 12.2. The average molecular weight is 279 g/mol. The lowest BCUT2D eigenvalue weighted by molar-refractivity contribution is 0.646. The van der Waals surface area contributed by atoms with Crippen LogP contribution in [0.4, 0.5) is 0 Å². The maximum Gasteiger partial charge on any atom is 0.174 e. The fourth-order valence-electron chi connectivity index (χ4n) is 1.70. The van der Waals surface area contributed by atoms with Gasteiger partial charge in [-0.05, 0) is 48.5 Å². The van der Waals surface area contributed by atoms with Crippen molar-refractivity contribution in [3.63, 3.8) is 0 Å². The Bertz CT molecular complexity index is 497. The summed E-state index contributed by atoms with van der Waals surface area (Å²) in [6, 6.07) is 6.79. The third kappa shape index (κ3) is 3.54. The first-order valence-corrected chi connectivity index (χ1v) is 7.57. The van der Waals surface area contributed by atoms with Crippen molar-refractivity contribution in [2.75, 3.05) is 0 Å². The largest absolute Gasteiger partial charge is 0.327 e. The molecule has 1 atom stereocenters. The summed E-state index contributed by atoms with van der Waals surface area (Å²) in [5, 5.41) is 0. The minimum Gasteiger partial charge on any atom is -0.327 e. The molecule has 1 aromatic heterocycles. The molecule has 1 aromatic carbocycles. The third-order valence-corrected chi connectivity index (χ3v) is 4.69. The number of rotatable bonds is 5. The average Bonchev–Trinajstić information content (AvgIpc) is 2.85. The van der Waals surface area contributed by atoms with Crippen LogP contribution in [0.3, 0.4) is 0 Å². The zero-order chi connectivity index (χ0) is 13.0. The summed E-state index contributed by atoms with van der Waals surface area (Å²) >= 11 is 3.09. The fourth-order valence-corrected chi connectivity index (χ4v) is 3.17. The van der Waals surface area contributed by atoms with Gasteiger partial charge in [-0.1, -0.05) is 30.8 Å². The zero-order valence-electron chi connectivity index (χ0n) is 10.6. The van der Waals surface area contributed by atoms with E-state index in [0.29, 0.717) is 0 Å². The Morgan fingerprint density at radius 1 is 1.44 bits per heavy atom. The lowest BCUT2D eigenvalue weighted by atomic mass is 10.0. The van der Waals surface area contributed by atoms with Crippen molar-refractivity contribution in [2.24, 2.45) is 5.73 Å². The predicted octanol–water partition coefficient (Wildman–Crippen LogP) is 3.28. The topological polar surface area (TPSA) is 51.8 Å². The smallest absolute Gasteiger partial charge is 0.174 e. The van der Waals surface area contributed by atoms with Crippen molar-refractivity contribution >= 4 is 23.3 Å². The number of hydrogen-bond acceptors (Lipinski definition) is 5. The van der Waals surface area contributed by atoms with Crippen LogP contribution in [0.15, 0.2) is 33.8 Å². The maximum atomic E-state index is 5.98. The molecule has 18 heavy (non-hydrogen) atoms. The van der Waals surface area contributed by atoms with Crippen LogP contribution in [0.25, 0.3) is 0 Å². The second kappa shape index (κ2) is 6.31. The number of aryl methyl sites for hydroxylation is 1. The normalized spacial score (nSPS) is 12.6. The second-order valence-electron chi connectivity index (χ2n) is 4.28. The summed E-state index contributed by atoms with van der Waals surface area (Å²) in [5.74, 6) is 0. The van der Waals surface area contributed by atoms with Crippen LogP contribution in [0.1, 0.15) is 24.5 Å². The Morgan fingerprint density at radius 3 is 2.89 bits per heavy atom. The molecule has 0 aliphatic carbocycles. The molecule has 0 bridgehead atoms. The van der Waals surface area contributed by atoms with Gasteiger partial charge in [-0.2, -0.15) is 4.37 Å². The van der Waals surface area contributed by atoms with E-state index < -0.39 is 0 Å². The first kappa shape index (κ1) is 13.5. The van der Waals surface area contributed by atoms with Gasteiger partial charge in [0.05, 0.1) is 0 Å². The highest BCUT2D eigenvalue weighted by Crippen LogP contribution is 2.31. The molecule has 0 fully saturated rings. The van der Waals surface area contributed by atoms with Gasteiger partial charge < -0.3 is 5.73 Å². The van der Waals surface area contributed by atoms with Crippen LogP contribution >= 0.6 is 23.3 Å². The first-order chi connectivity index (χ1) is 8.69. The molecule has 0 amide bonds. The van der Waals surface area contributed by atoms with Crippen molar-refractivity contribution < 1.29 is 0 Å². The summed E-state index contributed by atoms with van der Waals surface area (Å²) in [7, 11) is 0. The molecule has 0 radical (unpaired) electrons. The molecule has 0 saturated heterocycles. The lowest BCUT2D eigenvalue weighted by Gasteiger charge is -2.11. The van der Waals surface area contributed by atoms with Gasteiger partial charge in [-0.3, -0.25) is 0 Å². The molecule has 0 aliphatic rings. The number of benzene rings is 1. The van der Waals surface area contributed by atoms with E-state index in [2.05, 4.69) is 41.4 Å². The van der Waals surface area contributed by atoms with Gasteiger partial charge in [0, 0.05) is 10.9 Å². The maximum absolute atomic E-state index is 5.98. The van der Waals surface area contributed by atoms with E-state index in [1.807, 2.05) is 0 Å². The Hall–Kier alpha value is -0.910. The minimum absolute atomic E-state index is 0.256. The molecule has 0 aliphatic heterocycles. The summed E-state index contributed by atoms with van der Waals surface area (Å²) in [6.45, 7) is 4.25. The molecule has 1 unspecified atom stereocenters. The van der Waals surface area contributed by atoms with Crippen LogP contribution in [0.2, 0.25) is 0 Å². The molecule has 1 heterocycles. The number of hydrogen-bond donors (Lipinski definition) is 1. The Labute approximate surface area is 116 Å². The van der Waals surface area contributed by atoms with Gasteiger partial charge in [0.25, 0.3) is 0 Å². The van der Waals surface area contributed by atoms with Crippen LogP contribution in [0.5, 0.6) is 0 Å². The number of nitrogens with zero attached hydrogens (tertiary/aromatic N) is 2. The number of aromatic nitrogens is 2. The van der Waals surface area contributed by atoms with Gasteiger partial charge in [0.15, 0.2) is 4.34 Å². The van der Waals surface area contributed by atoms with Crippen LogP contribution in [0, 0.1) is 6.92 Å². The second-order valence-corrected chi connectivity index (χ2v) is 6.35. The van der Waals surface area contributed by atoms with E-state index in [4.69, 9.17) is 5.73 Å². The SMILES string of the molecule is CCC(N)Cc1ccc(Sc2ncns2)c(C)c1. The van der Waals surface area contributed by atoms with Gasteiger partial charge in [-0.15, -0.1) is 0 Å². The van der Waals surface area contributed by atoms with Gasteiger partial charge in [0.1, 0.15) is 6.33 Å². The number of nitrogens with two attached hydrogens (primary N) is 1. The van der Waals surface area contributed by atoms with Crippen LogP contribution < -0.4 is 5.73 Å². The van der Waals surface area contributed by atoms with E-state index in [1.54, 1.807) is 18.1 Å². The Morgan fingerprint density at radius 2 is 2.28 bits per heavy atom. The molecular weight excluding hydrogens is 262 g/mol. The van der Waals surface area contributed by atoms with E-state index in [0.717, 1.165) is 17.2 Å². The first-order valence-electron chi connectivity index (χ1n) is 5.98. The summed E-state index contributed by atoms with van der Waals surface area (Å²) in [5.41, 5.74) is 8.56. The molecule has 5 heteroatoms. The summed E-state index contributed by atoms with van der Waals surface area (Å²) < 4.78 is 4.99. The summed E-state index contributed by atoms with van der Waals surface area (Å²) in [4.78, 5) is 5.42. The van der Waals surface area contributed by atoms with E-state index in [-0.39, 0.29) is 6.04 Å². The van der Waals surface area contributed by atoms with Crippen LogP contribution in [-0.2, 0) is 6.42 Å². The van der Waals surface area contributed by atoms with Gasteiger partial charge in [0.2, 0.25) is 0 Å². The van der Waals surface area contributed by atoms with Crippen molar-refractivity contribution in [3.8, 4) is 0 Å². The van der Waals surface area contributed by atoms with E-state index in [1.165, 1.54) is 27.6 Å². The van der Waals surface area contributed by atoms with Crippen molar-refractivity contribution in [1.82, 2.24) is 9.36 Å². The fraction of sp³-hybridized carbons (Fsp3) is 0.385. The van der Waals surface area contributed by atoms with E-state index >= 15 is 0 Å².